The summed E-state index contributed by atoms with van der Waals surface area (Å²) in [5.74, 6) is 1.05. The molecule has 18 heavy (non-hydrogen) atoms. The molecular formula is C14H31N3O. The van der Waals surface area contributed by atoms with E-state index in [0.29, 0.717) is 18.4 Å². The highest BCUT2D eigenvalue weighted by atomic mass is 16.3. The Morgan fingerprint density at radius 1 is 1.28 bits per heavy atom. The molecule has 1 rings (SSSR count). The number of nitrogens with zero attached hydrogens (tertiary/aromatic N) is 2. The maximum absolute atomic E-state index is 10.6. The fourth-order valence-electron chi connectivity index (χ4n) is 2.46. The SMILES string of the molecule is CC(C)CN(CCN(C)C)CC(O)(CN)C1CC1. The fraction of sp³-hybridized carbons (Fsp3) is 1.00. The van der Waals surface area contributed by atoms with Crippen LogP contribution < -0.4 is 5.73 Å². The van der Waals surface area contributed by atoms with E-state index in [1.54, 1.807) is 0 Å². The molecule has 108 valence electrons. The lowest BCUT2D eigenvalue weighted by Gasteiger charge is -2.35. The van der Waals surface area contributed by atoms with E-state index in [0.717, 1.165) is 39.0 Å². The smallest absolute Gasteiger partial charge is 0.0923 e. The average Bonchev–Trinajstić information content (AvgIpc) is 3.08. The summed E-state index contributed by atoms with van der Waals surface area (Å²) >= 11 is 0. The van der Waals surface area contributed by atoms with Crippen molar-refractivity contribution in [3.8, 4) is 0 Å². The summed E-state index contributed by atoms with van der Waals surface area (Å²) in [5, 5.41) is 10.6. The van der Waals surface area contributed by atoms with E-state index in [-0.39, 0.29) is 0 Å². The van der Waals surface area contributed by atoms with Crippen molar-refractivity contribution in [3.05, 3.63) is 0 Å². The minimum Gasteiger partial charge on any atom is -0.387 e. The second-order valence-corrected chi connectivity index (χ2v) is 6.51. The zero-order valence-electron chi connectivity index (χ0n) is 12.5. The lowest BCUT2D eigenvalue weighted by Crippen LogP contribution is -2.52. The summed E-state index contributed by atoms with van der Waals surface area (Å²) in [6, 6.07) is 0. The molecule has 1 aliphatic carbocycles. The Kier molecular flexibility index (Phi) is 6.05. The van der Waals surface area contributed by atoms with Gasteiger partial charge in [-0.05, 0) is 38.8 Å². The molecule has 0 saturated heterocycles. The van der Waals surface area contributed by atoms with Crippen LogP contribution in [0.5, 0.6) is 0 Å². The van der Waals surface area contributed by atoms with Crippen LogP contribution in [0.2, 0.25) is 0 Å². The molecular weight excluding hydrogens is 226 g/mol. The third-order valence-electron chi connectivity index (χ3n) is 3.67. The lowest BCUT2D eigenvalue weighted by atomic mass is 9.96. The molecule has 1 atom stereocenters. The Morgan fingerprint density at radius 2 is 1.89 bits per heavy atom. The van der Waals surface area contributed by atoms with Crippen molar-refractivity contribution in [1.82, 2.24) is 9.80 Å². The molecule has 4 nitrogen and oxygen atoms in total. The predicted octanol–water partition coefficient (Wildman–Crippen LogP) is 0.606. The van der Waals surface area contributed by atoms with Crippen molar-refractivity contribution in [2.45, 2.75) is 32.3 Å². The first-order chi connectivity index (χ1) is 8.37. The number of hydrogen-bond donors (Lipinski definition) is 2. The van der Waals surface area contributed by atoms with Gasteiger partial charge in [-0.15, -0.1) is 0 Å². The highest BCUT2D eigenvalue weighted by Crippen LogP contribution is 2.39. The van der Waals surface area contributed by atoms with E-state index in [1.165, 1.54) is 0 Å². The number of nitrogens with two attached hydrogens (primary N) is 1. The minimum atomic E-state index is -0.665. The Morgan fingerprint density at radius 3 is 2.28 bits per heavy atom. The number of aliphatic hydroxyl groups is 1. The van der Waals surface area contributed by atoms with Gasteiger partial charge in [0.2, 0.25) is 0 Å². The molecule has 0 aliphatic heterocycles. The summed E-state index contributed by atoms with van der Waals surface area (Å²) in [5.41, 5.74) is 5.13. The van der Waals surface area contributed by atoms with Gasteiger partial charge in [-0.2, -0.15) is 0 Å². The van der Waals surface area contributed by atoms with E-state index in [2.05, 4.69) is 37.7 Å². The minimum absolute atomic E-state index is 0.383. The Hall–Kier alpha value is -0.160. The van der Waals surface area contributed by atoms with Crippen LogP contribution in [0.1, 0.15) is 26.7 Å². The van der Waals surface area contributed by atoms with E-state index >= 15 is 0 Å². The zero-order chi connectivity index (χ0) is 13.8. The first-order valence-electron chi connectivity index (χ1n) is 7.17. The Labute approximate surface area is 112 Å². The van der Waals surface area contributed by atoms with Gasteiger partial charge in [0.05, 0.1) is 5.60 Å². The molecule has 0 aromatic rings. The van der Waals surface area contributed by atoms with Gasteiger partial charge in [0.1, 0.15) is 0 Å². The predicted molar refractivity (Wildman–Crippen MR) is 76.6 cm³/mol. The molecule has 1 fully saturated rings. The van der Waals surface area contributed by atoms with Crippen LogP contribution in [0.3, 0.4) is 0 Å². The monoisotopic (exact) mass is 257 g/mol. The van der Waals surface area contributed by atoms with Gasteiger partial charge in [-0.3, -0.25) is 4.90 Å². The van der Waals surface area contributed by atoms with Crippen LogP contribution in [0.25, 0.3) is 0 Å². The third-order valence-corrected chi connectivity index (χ3v) is 3.67. The maximum atomic E-state index is 10.6. The van der Waals surface area contributed by atoms with Crippen LogP contribution in [-0.2, 0) is 0 Å². The van der Waals surface area contributed by atoms with Gasteiger partial charge in [0, 0.05) is 32.7 Å². The van der Waals surface area contributed by atoms with Crippen molar-refractivity contribution in [1.29, 1.82) is 0 Å². The van der Waals surface area contributed by atoms with Crippen molar-refractivity contribution in [3.63, 3.8) is 0 Å². The molecule has 0 heterocycles. The van der Waals surface area contributed by atoms with Crippen molar-refractivity contribution >= 4 is 0 Å². The molecule has 3 N–H and O–H groups in total. The van der Waals surface area contributed by atoms with E-state index < -0.39 is 5.60 Å². The van der Waals surface area contributed by atoms with E-state index in [9.17, 15) is 5.11 Å². The zero-order valence-corrected chi connectivity index (χ0v) is 12.5. The van der Waals surface area contributed by atoms with Crippen molar-refractivity contribution in [2.24, 2.45) is 17.6 Å². The summed E-state index contributed by atoms with van der Waals surface area (Å²) < 4.78 is 0. The van der Waals surface area contributed by atoms with Gasteiger partial charge in [0.25, 0.3) is 0 Å². The summed E-state index contributed by atoms with van der Waals surface area (Å²) in [6.07, 6.45) is 2.27. The molecule has 0 radical (unpaired) electrons. The number of hydrogen-bond acceptors (Lipinski definition) is 4. The molecule has 0 aromatic heterocycles. The van der Waals surface area contributed by atoms with Gasteiger partial charge >= 0.3 is 0 Å². The number of rotatable bonds is 9. The second kappa shape index (κ2) is 6.85. The van der Waals surface area contributed by atoms with Crippen LogP contribution in [-0.4, -0.2) is 67.3 Å². The normalized spacial score (nSPS) is 19.8. The van der Waals surface area contributed by atoms with Gasteiger partial charge in [-0.1, -0.05) is 13.8 Å². The Balaban J connectivity index is 2.52. The van der Waals surface area contributed by atoms with Gasteiger partial charge < -0.3 is 15.7 Å². The summed E-state index contributed by atoms with van der Waals surface area (Å²) in [7, 11) is 4.17. The van der Waals surface area contributed by atoms with E-state index in [1.807, 2.05) is 0 Å². The lowest BCUT2D eigenvalue weighted by molar-refractivity contribution is -0.0119. The van der Waals surface area contributed by atoms with Gasteiger partial charge in [-0.25, -0.2) is 0 Å². The van der Waals surface area contributed by atoms with Crippen LogP contribution >= 0.6 is 0 Å². The van der Waals surface area contributed by atoms with Crippen molar-refractivity contribution in [2.75, 3.05) is 46.8 Å². The molecule has 0 bridgehead atoms. The maximum Gasteiger partial charge on any atom is 0.0923 e. The average molecular weight is 257 g/mol. The topological polar surface area (TPSA) is 52.7 Å². The third kappa shape index (κ3) is 5.22. The van der Waals surface area contributed by atoms with E-state index in [4.69, 9.17) is 5.73 Å². The highest BCUT2D eigenvalue weighted by Gasteiger charge is 2.43. The van der Waals surface area contributed by atoms with Crippen molar-refractivity contribution < 1.29 is 5.11 Å². The Bertz CT molecular complexity index is 241. The molecule has 1 saturated carbocycles. The molecule has 0 spiro atoms. The van der Waals surface area contributed by atoms with Crippen LogP contribution in [0, 0.1) is 11.8 Å². The largest absolute Gasteiger partial charge is 0.387 e. The quantitative estimate of drug-likeness (QED) is 0.635. The summed E-state index contributed by atoms with van der Waals surface area (Å²) in [4.78, 5) is 4.56. The van der Waals surface area contributed by atoms with Crippen LogP contribution in [0.15, 0.2) is 0 Å². The summed E-state index contributed by atoms with van der Waals surface area (Å²) in [6.45, 7) is 8.61. The first-order valence-corrected chi connectivity index (χ1v) is 7.17. The number of likely N-dealkylation sites (N-methyl/N-ethyl adjacent to an activating group) is 1. The fourth-order valence-corrected chi connectivity index (χ4v) is 2.46. The second-order valence-electron chi connectivity index (χ2n) is 6.51. The first kappa shape index (κ1) is 15.9. The molecule has 0 aromatic carbocycles. The van der Waals surface area contributed by atoms with Crippen LogP contribution in [0.4, 0.5) is 0 Å². The molecule has 1 unspecified atom stereocenters. The molecule has 1 aliphatic rings. The molecule has 4 heteroatoms. The standard InChI is InChI=1S/C14H31N3O/c1-12(2)9-17(8-7-16(3)4)11-14(18,10-15)13-5-6-13/h12-13,18H,5-11,15H2,1-4H3. The molecule has 0 amide bonds. The highest BCUT2D eigenvalue weighted by molar-refractivity contribution is 4.97. The van der Waals surface area contributed by atoms with Gasteiger partial charge in [0.15, 0.2) is 0 Å².